The molecular weight excluding hydrogens is 643 g/mol. The van der Waals surface area contributed by atoms with E-state index >= 15 is 0 Å². The molecule has 2 fully saturated rings. The first-order valence-corrected chi connectivity index (χ1v) is 16.0. The van der Waals surface area contributed by atoms with Crippen molar-refractivity contribution in [2.75, 3.05) is 27.4 Å². The molecule has 1 aromatic carbocycles. The Morgan fingerprint density at radius 3 is 2.55 bits per heavy atom. The van der Waals surface area contributed by atoms with Gasteiger partial charge in [-0.15, -0.1) is 0 Å². The molecule has 2 aliphatic rings. The first kappa shape index (κ1) is 32.6. The molecule has 2 saturated heterocycles. The van der Waals surface area contributed by atoms with Crippen LogP contribution < -0.4 is 25.4 Å². The molecule has 47 heavy (non-hydrogen) atoms. The van der Waals surface area contributed by atoms with Crippen molar-refractivity contribution < 1.29 is 23.8 Å². The van der Waals surface area contributed by atoms with E-state index in [0.717, 1.165) is 17.5 Å². The van der Waals surface area contributed by atoms with Gasteiger partial charge in [-0.25, -0.2) is 4.98 Å². The van der Waals surface area contributed by atoms with Crippen molar-refractivity contribution in [1.82, 2.24) is 30.9 Å². The van der Waals surface area contributed by atoms with E-state index in [9.17, 15) is 9.59 Å². The third kappa shape index (κ3) is 7.18. The normalized spacial score (nSPS) is 17.4. The van der Waals surface area contributed by atoms with E-state index in [1.54, 1.807) is 26.6 Å². The topological polar surface area (TPSA) is 137 Å². The van der Waals surface area contributed by atoms with Crippen LogP contribution in [0.4, 0.5) is 0 Å². The van der Waals surface area contributed by atoms with Crippen LogP contribution in [0.3, 0.4) is 0 Å². The molecule has 0 bridgehead atoms. The minimum absolute atomic E-state index is 0.0921. The number of amides is 1. The zero-order chi connectivity index (χ0) is 32.9. The largest absolute Gasteiger partial charge is 0.495 e. The Morgan fingerprint density at radius 1 is 0.979 bits per heavy atom. The summed E-state index contributed by atoms with van der Waals surface area (Å²) in [6, 6.07) is 13.0. The number of hydrogen-bond acceptors (Lipinski definition) is 10. The van der Waals surface area contributed by atoms with E-state index in [2.05, 4.69) is 25.9 Å². The van der Waals surface area contributed by atoms with Gasteiger partial charge in [-0.3, -0.25) is 24.9 Å². The number of nitrogens with zero attached hydrogens (tertiary/aromatic N) is 3. The van der Waals surface area contributed by atoms with Crippen LogP contribution in [0.15, 0.2) is 54.9 Å². The number of rotatable bonds is 12. The lowest BCUT2D eigenvalue weighted by molar-refractivity contribution is -0.139. The van der Waals surface area contributed by atoms with Crippen LogP contribution in [0.25, 0.3) is 33.6 Å². The fourth-order valence-electron chi connectivity index (χ4n) is 5.75. The highest BCUT2D eigenvalue weighted by Crippen LogP contribution is 2.42. The predicted octanol–water partition coefficient (Wildman–Crippen LogP) is 4.97. The van der Waals surface area contributed by atoms with Gasteiger partial charge in [-0.05, 0) is 24.6 Å². The third-order valence-corrected chi connectivity index (χ3v) is 9.04. The summed E-state index contributed by atoms with van der Waals surface area (Å²) in [7, 11) is 3.15. The average molecular weight is 678 g/mol. The molecule has 1 amide bonds. The number of nitrogens with one attached hydrogen (secondary N) is 3. The molecule has 0 radical (unpaired) electrons. The maximum atomic E-state index is 11.8. The maximum absolute atomic E-state index is 11.8. The third-order valence-electron chi connectivity index (χ3n) is 8.25. The van der Waals surface area contributed by atoms with Gasteiger partial charge in [-0.2, -0.15) is 0 Å². The van der Waals surface area contributed by atoms with Crippen LogP contribution >= 0.6 is 23.2 Å². The van der Waals surface area contributed by atoms with Gasteiger partial charge in [0.25, 0.3) is 0 Å². The molecule has 0 saturated carbocycles. The van der Waals surface area contributed by atoms with Crippen molar-refractivity contribution in [3.05, 3.63) is 76.2 Å². The summed E-state index contributed by atoms with van der Waals surface area (Å²) >= 11 is 14.0. The summed E-state index contributed by atoms with van der Waals surface area (Å²) < 4.78 is 16.3. The minimum Gasteiger partial charge on any atom is -0.495 e. The Bertz CT molecular complexity index is 1810. The molecule has 6 rings (SSSR count). The molecule has 13 heteroatoms. The zero-order valence-electron chi connectivity index (χ0n) is 25.9. The van der Waals surface area contributed by atoms with Crippen molar-refractivity contribution in [2.45, 2.75) is 44.4 Å². The smallest absolute Gasteiger partial charge is 0.323 e. The summed E-state index contributed by atoms with van der Waals surface area (Å²) in [5, 5.41) is 10.4. The van der Waals surface area contributed by atoms with E-state index in [-0.39, 0.29) is 24.0 Å². The number of carbonyl (C=O) groups is 2. The van der Waals surface area contributed by atoms with Gasteiger partial charge in [0.15, 0.2) is 0 Å². The second-order valence-corrected chi connectivity index (χ2v) is 12.0. The quantitative estimate of drug-likeness (QED) is 0.176. The van der Waals surface area contributed by atoms with Gasteiger partial charge in [0.2, 0.25) is 11.8 Å². The minimum atomic E-state index is -0.362. The summed E-state index contributed by atoms with van der Waals surface area (Å²) in [6.45, 7) is 1.95. The number of benzene rings is 1. The Morgan fingerprint density at radius 2 is 1.81 bits per heavy atom. The summed E-state index contributed by atoms with van der Waals surface area (Å²) in [6.07, 6.45) is 5.36. The number of aromatic nitrogens is 3. The monoisotopic (exact) mass is 676 g/mol. The molecule has 3 N–H and O–H groups in total. The summed E-state index contributed by atoms with van der Waals surface area (Å²) in [5.41, 5.74) is 5.49. The van der Waals surface area contributed by atoms with Crippen molar-refractivity contribution >= 4 is 35.1 Å². The lowest BCUT2D eigenvalue weighted by Crippen LogP contribution is -2.35. The molecule has 2 aliphatic heterocycles. The number of hydrogen-bond donors (Lipinski definition) is 3. The molecule has 0 spiro atoms. The molecule has 244 valence electrons. The highest BCUT2D eigenvalue weighted by molar-refractivity contribution is 6.39. The van der Waals surface area contributed by atoms with Crippen molar-refractivity contribution in [2.24, 2.45) is 0 Å². The molecule has 2 atom stereocenters. The SMILES string of the molecule is COc1cc(-c2nccc(-c3cccc(-c4ccc(CNC[C@@H]5CCC(=O)N5)c(OC)n4)c3Cl)c2Cl)cnc1CN[C@@H]1CCOC1=O. The molecular formula is C34H34Cl2N6O5. The number of halogens is 2. The van der Waals surface area contributed by atoms with Crippen molar-refractivity contribution in [3.63, 3.8) is 0 Å². The number of pyridine rings is 3. The number of methoxy groups -OCH3 is 2. The second kappa shape index (κ2) is 14.6. The van der Waals surface area contributed by atoms with E-state index in [1.165, 1.54) is 0 Å². The fourth-order valence-corrected chi connectivity index (χ4v) is 6.39. The highest BCUT2D eigenvalue weighted by atomic mass is 35.5. The molecule has 3 aromatic heterocycles. The van der Waals surface area contributed by atoms with Crippen LogP contribution in [0.5, 0.6) is 11.6 Å². The first-order valence-electron chi connectivity index (χ1n) is 15.3. The number of carbonyl (C=O) groups excluding carboxylic acids is 2. The molecule has 0 unspecified atom stereocenters. The van der Waals surface area contributed by atoms with E-state index in [0.29, 0.717) is 94.5 Å². The Labute approximate surface area is 282 Å². The van der Waals surface area contributed by atoms with Gasteiger partial charge in [0.05, 0.1) is 48.0 Å². The summed E-state index contributed by atoms with van der Waals surface area (Å²) in [4.78, 5) is 37.2. The van der Waals surface area contributed by atoms with Gasteiger partial charge in [0, 0.05) is 78.7 Å². The van der Waals surface area contributed by atoms with Crippen molar-refractivity contribution in [3.8, 4) is 45.3 Å². The van der Waals surface area contributed by atoms with Gasteiger partial charge >= 0.3 is 5.97 Å². The fraction of sp³-hybridized carbons (Fsp3) is 0.324. The van der Waals surface area contributed by atoms with Crippen LogP contribution in [0, 0.1) is 0 Å². The van der Waals surface area contributed by atoms with Gasteiger partial charge in [0.1, 0.15) is 11.8 Å². The van der Waals surface area contributed by atoms with Crippen LogP contribution in [0.2, 0.25) is 10.0 Å². The van der Waals surface area contributed by atoms with Crippen LogP contribution in [-0.2, 0) is 27.4 Å². The Kier molecular flexibility index (Phi) is 10.2. The number of esters is 1. The van der Waals surface area contributed by atoms with E-state index in [1.807, 2.05) is 42.5 Å². The highest BCUT2D eigenvalue weighted by Gasteiger charge is 2.26. The molecule has 4 aromatic rings. The standard InChI is InChI=1S/C34H34Cl2N6O5/c1-45-28-14-20(16-39-27(28)18-40-26-11-13-47-34(26)44)32-31(36)23(10-12-38-32)22-4-3-5-24(30(22)35)25-8-6-19(33(42-25)46-2)15-37-17-21-7-9-29(43)41-21/h3-6,8,10,12,14,16,21,26,37,40H,7,9,11,13,15,17-18H2,1-2H3,(H,41,43)/t21-,26+/m0/s1. The zero-order valence-corrected chi connectivity index (χ0v) is 27.5. The second-order valence-electron chi connectivity index (χ2n) is 11.2. The Hall–Kier alpha value is -4.29. The van der Waals surface area contributed by atoms with E-state index < -0.39 is 0 Å². The first-order chi connectivity index (χ1) is 22.9. The van der Waals surface area contributed by atoms with Crippen LogP contribution in [0.1, 0.15) is 30.5 Å². The maximum Gasteiger partial charge on any atom is 0.323 e. The average Bonchev–Trinajstić information content (AvgIpc) is 3.70. The predicted molar refractivity (Wildman–Crippen MR) is 178 cm³/mol. The summed E-state index contributed by atoms with van der Waals surface area (Å²) in [5.74, 6) is 0.853. The Balaban J connectivity index is 1.23. The molecule has 5 heterocycles. The number of ether oxygens (including phenoxy) is 3. The molecule has 11 nitrogen and oxygen atoms in total. The van der Waals surface area contributed by atoms with E-state index in [4.69, 9.17) is 42.4 Å². The van der Waals surface area contributed by atoms with Gasteiger partial charge < -0.3 is 24.8 Å². The van der Waals surface area contributed by atoms with Gasteiger partial charge in [-0.1, -0.05) is 47.5 Å². The van der Waals surface area contributed by atoms with Crippen LogP contribution in [-0.4, -0.2) is 66.3 Å². The van der Waals surface area contributed by atoms with Crippen molar-refractivity contribution in [1.29, 1.82) is 0 Å². The molecule has 0 aliphatic carbocycles. The lowest BCUT2D eigenvalue weighted by Gasteiger charge is -2.16. The number of cyclic esters (lactones) is 1. The lowest BCUT2D eigenvalue weighted by atomic mass is 9.99.